The molecule has 1 aliphatic rings. The molecule has 184 valence electrons. The first-order valence-corrected chi connectivity index (χ1v) is 12.2. The van der Waals surface area contributed by atoms with E-state index in [1.165, 1.54) is 0 Å². The van der Waals surface area contributed by atoms with Crippen molar-refractivity contribution in [1.82, 2.24) is 24.8 Å². The average Bonchev–Trinajstić information content (AvgIpc) is 3.49. The highest BCUT2D eigenvalue weighted by Gasteiger charge is 2.27. The number of hydrogen-bond acceptors (Lipinski definition) is 5. The minimum Gasteiger partial charge on any atom is -0.462 e. The normalized spacial score (nSPS) is 14.5. The molecule has 0 atom stereocenters. The maximum absolute atomic E-state index is 12.9. The van der Waals surface area contributed by atoms with Crippen molar-refractivity contribution in [2.45, 2.75) is 52.5 Å². The van der Waals surface area contributed by atoms with E-state index in [1.54, 1.807) is 24.7 Å². The Bertz CT molecular complexity index is 1170. The standard InChI is InChI=1S/C27H33N5O3/c1-19-17-23(35-21(19)3)6-8-25(33)32-14-9-22(10-15-32)26-24(7-5-20(2)30-26)27(34)29-11-4-13-31-16-12-28-18-31/h5-8,12,16-18,22H,4,9-11,13-15H2,1-3H3,(H,29,34)/b8-6+. The third-order valence-corrected chi connectivity index (χ3v) is 6.51. The fourth-order valence-electron chi connectivity index (χ4n) is 4.37. The number of piperidine rings is 1. The number of carbonyl (C=O) groups excluding carboxylic acids is 2. The van der Waals surface area contributed by atoms with Gasteiger partial charge in [0, 0.05) is 56.3 Å². The van der Waals surface area contributed by atoms with Gasteiger partial charge in [-0.3, -0.25) is 14.6 Å². The van der Waals surface area contributed by atoms with Crippen LogP contribution >= 0.6 is 0 Å². The summed E-state index contributed by atoms with van der Waals surface area (Å²) in [7, 11) is 0. The van der Waals surface area contributed by atoms with Gasteiger partial charge in [-0.25, -0.2) is 4.98 Å². The lowest BCUT2D eigenvalue weighted by Gasteiger charge is -2.31. The van der Waals surface area contributed by atoms with Crippen LogP contribution in [0.5, 0.6) is 0 Å². The van der Waals surface area contributed by atoms with Gasteiger partial charge in [0.1, 0.15) is 11.5 Å². The minimum atomic E-state index is -0.0939. The van der Waals surface area contributed by atoms with E-state index >= 15 is 0 Å². The van der Waals surface area contributed by atoms with E-state index in [0.717, 1.165) is 48.5 Å². The Balaban J connectivity index is 1.33. The van der Waals surface area contributed by atoms with Gasteiger partial charge < -0.3 is 19.2 Å². The average molecular weight is 476 g/mol. The molecule has 4 heterocycles. The van der Waals surface area contributed by atoms with E-state index in [4.69, 9.17) is 9.40 Å². The molecule has 0 bridgehead atoms. The van der Waals surface area contributed by atoms with Gasteiger partial charge in [0.25, 0.3) is 5.91 Å². The maximum atomic E-state index is 12.9. The van der Waals surface area contributed by atoms with Gasteiger partial charge >= 0.3 is 0 Å². The summed E-state index contributed by atoms with van der Waals surface area (Å²) in [5.74, 6) is 1.58. The Morgan fingerprint density at radius 2 is 2.00 bits per heavy atom. The summed E-state index contributed by atoms with van der Waals surface area (Å²) in [6, 6.07) is 5.68. The number of nitrogens with zero attached hydrogens (tertiary/aromatic N) is 4. The van der Waals surface area contributed by atoms with E-state index in [2.05, 4.69) is 10.3 Å². The summed E-state index contributed by atoms with van der Waals surface area (Å²) in [6.45, 7) is 8.49. The summed E-state index contributed by atoms with van der Waals surface area (Å²) >= 11 is 0. The van der Waals surface area contributed by atoms with Crippen LogP contribution in [0.1, 0.15) is 64.0 Å². The van der Waals surface area contributed by atoms with Gasteiger partial charge in [-0.15, -0.1) is 0 Å². The lowest BCUT2D eigenvalue weighted by molar-refractivity contribution is -0.127. The molecule has 3 aromatic rings. The van der Waals surface area contributed by atoms with Crippen molar-refractivity contribution >= 4 is 17.9 Å². The van der Waals surface area contributed by atoms with E-state index < -0.39 is 0 Å². The van der Waals surface area contributed by atoms with Crippen LogP contribution < -0.4 is 5.32 Å². The number of furan rings is 1. The summed E-state index contributed by atoms with van der Waals surface area (Å²) in [5, 5.41) is 3.03. The number of nitrogens with one attached hydrogen (secondary N) is 1. The van der Waals surface area contributed by atoms with Crippen molar-refractivity contribution in [1.29, 1.82) is 0 Å². The fourth-order valence-corrected chi connectivity index (χ4v) is 4.37. The molecule has 0 aliphatic carbocycles. The smallest absolute Gasteiger partial charge is 0.253 e. The van der Waals surface area contributed by atoms with Crippen LogP contribution in [0.4, 0.5) is 0 Å². The number of aryl methyl sites for hydroxylation is 4. The highest BCUT2D eigenvalue weighted by atomic mass is 16.3. The van der Waals surface area contributed by atoms with E-state index in [1.807, 2.05) is 54.6 Å². The third kappa shape index (κ3) is 6.26. The summed E-state index contributed by atoms with van der Waals surface area (Å²) in [5.41, 5.74) is 3.43. The highest BCUT2D eigenvalue weighted by Crippen LogP contribution is 2.29. The zero-order chi connectivity index (χ0) is 24.8. The molecular formula is C27H33N5O3. The number of likely N-dealkylation sites (tertiary alicyclic amines) is 1. The second-order valence-electron chi connectivity index (χ2n) is 9.12. The van der Waals surface area contributed by atoms with E-state index in [0.29, 0.717) is 31.0 Å². The monoisotopic (exact) mass is 475 g/mol. The zero-order valence-corrected chi connectivity index (χ0v) is 20.7. The SMILES string of the molecule is Cc1ccc(C(=O)NCCCn2ccnc2)c(C2CCN(C(=O)/C=C/c3cc(C)c(C)o3)CC2)n1. The molecule has 3 aromatic heterocycles. The van der Waals surface area contributed by atoms with E-state index in [9.17, 15) is 9.59 Å². The first-order valence-electron chi connectivity index (χ1n) is 12.2. The lowest BCUT2D eigenvalue weighted by Crippen LogP contribution is -2.37. The van der Waals surface area contributed by atoms with E-state index in [-0.39, 0.29) is 17.7 Å². The summed E-state index contributed by atoms with van der Waals surface area (Å²) in [6.07, 6.45) is 11.1. The summed E-state index contributed by atoms with van der Waals surface area (Å²) < 4.78 is 7.61. The Morgan fingerprint density at radius 1 is 1.20 bits per heavy atom. The van der Waals surface area contributed by atoms with Gasteiger partial charge in [-0.1, -0.05) is 0 Å². The van der Waals surface area contributed by atoms with Crippen LogP contribution in [0.15, 0.2) is 47.4 Å². The van der Waals surface area contributed by atoms with Crippen molar-refractivity contribution in [3.8, 4) is 0 Å². The van der Waals surface area contributed by atoms with Crippen LogP contribution in [-0.2, 0) is 11.3 Å². The van der Waals surface area contributed by atoms with Crippen LogP contribution in [-0.4, -0.2) is 50.9 Å². The molecule has 8 nitrogen and oxygen atoms in total. The molecule has 4 rings (SSSR count). The molecule has 1 aliphatic heterocycles. The molecule has 0 spiro atoms. The number of imidazole rings is 1. The summed E-state index contributed by atoms with van der Waals surface area (Å²) in [4.78, 5) is 36.2. The maximum Gasteiger partial charge on any atom is 0.253 e. The predicted octanol–water partition coefficient (Wildman–Crippen LogP) is 4.04. The molecule has 35 heavy (non-hydrogen) atoms. The lowest BCUT2D eigenvalue weighted by atomic mass is 9.89. The molecule has 1 N–H and O–H groups in total. The first-order chi connectivity index (χ1) is 16.9. The van der Waals surface area contributed by atoms with Crippen LogP contribution in [0, 0.1) is 20.8 Å². The van der Waals surface area contributed by atoms with Crippen molar-refractivity contribution < 1.29 is 14.0 Å². The van der Waals surface area contributed by atoms with Crippen molar-refractivity contribution in [3.63, 3.8) is 0 Å². The molecule has 0 aromatic carbocycles. The van der Waals surface area contributed by atoms with Crippen molar-refractivity contribution in [2.24, 2.45) is 0 Å². The molecule has 1 fully saturated rings. The zero-order valence-electron chi connectivity index (χ0n) is 20.7. The number of hydrogen-bond donors (Lipinski definition) is 1. The molecule has 0 saturated carbocycles. The highest BCUT2D eigenvalue weighted by molar-refractivity contribution is 5.95. The van der Waals surface area contributed by atoms with Crippen molar-refractivity contribution in [2.75, 3.05) is 19.6 Å². The molecule has 8 heteroatoms. The largest absolute Gasteiger partial charge is 0.462 e. The van der Waals surface area contributed by atoms with Crippen LogP contribution in [0.3, 0.4) is 0 Å². The molecule has 0 radical (unpaired) electrons. The first kappa shape index (κ1) is 24.4. The van der Waals surface area contributed by atoms with Gasteiger partial charge in [0.2, 0.25) is 5.91 Å². The Kier molecular flexibility index (Phi) is 7.80. The minimum absolute atomic E-state index is 0.0248. The molecule has 2 amide bonds. The Hall–Kier alpha value is -3.68. The molecule has 1 saturated heterocycles. The van der Waals surface area contributed by atoms with Crippen molar-refractivity contribution in [3.05, 3.63) is 77.0 Å². The Morgan fingerprint density at radius 3 is 2.69 bits per heavy atom. The van der Waals surface area contributed by atoms with Gasteiger partial charge in [0.15, 0.2) is 0 Å². The molecule has 0 unspecified atom stereocenters. The second-order valence-corrected chi connectivity index (χ2v) is 9.12. The number of rotatable bonds is 8. The Labute approximate surface area is 206 Å². The van der Waals surface area contributed by atoms with Crippen LogP contribution in [0.25, 0.3) is 6.08 Å². The fraction of sp³-hybridized carbons (Fsp3) is 0.407. The molecular weight excluding hydrogens is 442 g/mol. The topological polar surface area (TPSA) is 93.3 Å². The number of amides is 2. The third-order valence-electron chi connectivity index (χ3n) is 6.51. The number of carbonyl (C=O) groups is 2. The van der Waals surface area contributed by atoms with Gasteiger partial charge in [-0.05, 0) is 69.9 Å². The second kappa shape index (κ2) is 11.2. The van der Waals surface area contributed by atoms with Gasteiger partial charge in [-0.2, -0.15) is 0 Å². The number of pyridine rings is 1. The quantitative estimate of drug-likeness (QED) is 0.392. The van der Waals surface area contributed by atoms with Gasteiger partial charge in [0.05, 0.1) is 17.6 Å². The predicted molar refractivity (Wildman–Crippen MR) is 134 cm³/mol. The van der Waals surface area contributed by atoms with Crippen LogP contribution in [0.2, 0.25) is 0 Å². The number of aromatic nitrogens is 3.